The first kappa shape index (κ1) is 14.4. The molecule has 2 rings (SSSR count). The third-order valence-electron chi connectivity index (χ3n) is 3.35. The minimum absolute atomic E-state index is 0.0429. The number of hydrogen-bond donors (Lipinski definition) is 2. The van der Waals surface area contributed by atoms with Crippen LogP contribution in [0, 0.1) is 0 Å². The standard InChI is InChI=1S/C13H14F2N2O3/c1-12(2-3-13(14,15)7-12)17-10(18)8-4-9(11(19)20)6-16-5-8/h4-6H,2-3,7H2,1H3,(H,17,18)(H,19,20). The number of amides is 1. The molecule has 0 aromatic carbocycles. The molecule has 0 spiro atoms. The number of carboxylic acid groups (broad SMARTS) is 1. The number of carbonyl (C=O) groups excluding carboxylic acids is 1. The zero-order valence-electron chi connectivity index (χ0n) is 10.8. The number of alkyl halides is 2. The molecule has 1 aliphatic carbocycles. The average Bonchev–Trinajstić information content (AvgIpc) is 2.63. The summed E-state index contributed by atoms with van der Waals surface area (Å²) in [5.41, 5.74) is -1.07. The highest BCUT2D eigenvalue weighted by atomic mass is 19.3. The molecule has 1 atom stereocenters. The lowest BCUT2D eigenvalue weighted by molar-refractivity contribution is 0.00231. The quantitative estimate of drug-likeness (QED) is 0.890. The Morgan fingerprint density at radius 2 is 1.95 bits per heavy atom. The molecule has 0 saturated heterocycles. The van der Waals surface area contributed by atoms with Gasteiger partial charge in [0.15, 0.2) is 0 Å². The zero-order chi connectivity index (χ0) is 15.0. The molecule has 20 heavy (non-hydrogen) atoms. The van der Waals surface area contributed by atoms with Gasteiger partial charge in [0.05, 0.1) is 11.1 Å². The van der Waals surface area contributed by atoms with Crippen LogP contribution in [0.4, 0.5) is 8.78 Å². The second-order valence-electron chi connectivity index (χ2n) is 5.31. The average molecular weight is 284 g/mol. The van der Waals surface area contributed by atoms with Gasteiger partial charge >= 0.3 is 5.97 Å². The van der Waals surface area contributed by atoms with E-state index in [4.69, 9.17) is 5.11 Å². The van der Waals surface area contributed by atoms with Gasteiger partial charge in [0.25, 0.3) is 11.8 Å². The summed E-state index contributed by atoms with van der Waals surface area (Å²) in [4.78, 5) is 26.5. The fraction of sp³-hybridized carbons (Fsp3) is 0.462. The summed E-state index contributed by atoms with van der Waals surface area (Å²) in [6.45, 7) is 1.56. The number of aromatic carboxylic acids is 1. The normalized spacial score (nSPS) is 24.4. The van der Waals surface area contributed by atoms with E-state index in [1.54, 1.807) is 6.92 Å². The summed E-state index contributed by atoms with van der Waals surface area (Å²) in [5, 5.41) is 11.4. The highest BCUT2D eigenvalue weighted by Crippen LogP contribution is 2.41. The number of carboxylic acids is 1. The number of aromatic nitrogens is 1. The van der Waals surface area contributed by atoms with Crippen molar-refractivity contribution in [1.82, 2.24) is 10.3 Å². The highest BCUT2D eigenvalue weighted by Gasteiger charge is 2.47. The van der Waals surface area contributed by atoms with Crippen LogP contribution in [0.3, 0.4) is 0 Å². The second kappa shape index (κ2) is 4.81. The van der Waals surface area contributed by atoms with E-state index in [2.05, 4.69) is 10.3 Å². The number of nitrogens with zero attached hydrogens (tertiary/aromatic N) is 1. The van der Waals surface area contributed by atoms with E-state index in [1.807, 2.05) is 0 Å². The number of hydrogen-bond acceptors (Lipinski definition) is 3. The predicted molar refractivity (Wildman–Crippen MR) is 65.9 cm³/mol. The van der Waals surface area contributed by atoms with Gasteiger partial charge in [-0.25, -0.2) is 13.6 Å². The van der Waals surface area contributed by atoms with E-state index < -0.39 is 29.8 Å². The summed E-state index contributed by atoms with van der Waals surface area (Å²) in [6.07, 6.45) is 1.82. The van der Waals surface area contributed by atoms with Crippen molar-refractivity contribution in [1.29, 1.82) is 0 Å². The van der Waals surface area contributed by atoms with Gasteiger partial charge in [-0.3, -0.25) is 9.78 Å². The second-order valence-corrected chi connectivity index (χ2v) is 5.31. The molecule has 5 nitrogen and oxygen atoms in total. The van der Waals surface area contributed by atoms with Crippen LogP contribution in [0.5, 0.6) is 0 Å². The first-order valence-electron chi connectivity index (χ1n) is 6.10. The van der Waals surface area contributed by atoms with Gasteiger partial charge in [-0.05, 0) is 19.4 Å². The van der Waals surface area contributed by atoms with E-state index in [0.717, 1.165) is 6.20 Å². The van der Waals surface area contributed by atoms with Crippen molar-refractivity contribution in [3.05, 3.63) is 29.6 Å². The Morgan fingerprint density at radius 3 is 2.50 bits per heavy atom. The third kappa shape index (κ3) is 3.09. The largest absolute Gasteiger partial charge is 0.478 e. The van der Waals surface area contributed by atoms with Crippen LogP contribution in [0.1, 0.15) is 46.9 Å². The highest BCUT2D eigenvalue weighted by molar-refractivity contribution is 5.97. The van der Waals surface area contributed by atoms with E-state index >= 15 is 0 Å². The van der Waals surface area contributed by atoms with Crippen molar-refractivity contribution in [2.45, 2.75) is 37.6 Å². The number of pyridine rings is 1. The van der Waals surface area contributed by atoms with Gasteiger partial charge in [-0.2, -0.15) is 0 Å². The summed E-state index contributed by atoms with van der Waals surface area (Å²) in [5.74, 6) is -4.57. The Kier molecular flexibility index (Phi) is 3.45. The van der Waals surface area contributed by atoms with Crippen LogP contribution in [0.25, 0.3) is 0 Å². The molecule has 0 bridgehead atoms. The molecule has 1 aliphatic rings. The third-order valence-corrected chi connectivity index (χ3v) is 3.35. The number of nitrogens with one attached hydrogen (secondary N) is 1. The molecule has 108 valence electrons. The molecule has 1 heterocycles. The monoisotopic (exact) mass is 284 g/mol. The molecule has 1 aromatic heterocycles. The van der Waals surface area contributed by atoms with Crippen LogP contribution < -0.4 is 5.32 Å². The smallest absolute Gasteiger partial charge is 0.337 e. The minimum atomic E-state index is -2.77. The number of halogens is 2. The zero-order valence-corrected chi connectivity index (χ0v) is 10.8. The van der Waals surface area contributed by atoms with Crippen molar-refractivity contribution >= 4 is 11.9 Å². The summed E-state index contributed by atoms with van der Waals surface area (Å²) in [7, 11) is 0. The maximum absolute atomic E-state index is 13.2. The lowest BCUT2D eigenvalue weighted by atomic mass is 9.99. The maximum Gasteiger partial charge on any atom is 0.337 e. The van der Waals surface area contributed by atoms with Gasteiger partial charge in [-0.15, -0.1) is 0 Å². The van der Waals surface area contributed by atoms with Gasteiger partial charge in [0, 0.05) is 30.8 Å². The van der Waals surface area contributed by atoms with Crippen LogP contribution in [-0.2, 0) is 0 Å². The first-order valence-corrected chi connectivity index (χ1v) is 6.10. The van der Waals surface area contributed by atoms with Crippen LogP contribution >= 0.6 is 0 Å². The van der Waals surface area contributed by atoms with E-state index in [0.29, 0.717) is 0 Å². The Balaban J connectivity index is 2.13. The van der Waals surface area contributed by atoms with E-state index in [-0.39, 0.29) is 24.0 Å². The van der Waals surface area contributed by atoms with Gasteiger partial charge < -0.3 is 10.4 Å². The molecule has 1 amide bonds. The Morgan fingerprint density at radius 1 is 1.30 bits per heavy atom. The molecule has 0 aliphatic heterocycles. The molecule has 1 aromatic rings. The lowest BCUT2D eigenvalue weighted by Gasteiger charge is -2.25. The van der Waals surface area contributed by atoms with E-state index in [9.17, 15) is 18.4 Å². The predicted octanol–water partition coefficient (Wildman–Crippen LogP) is 2.09. The molecule has 1 unspecified atom stereocenters. The lowest BCUT2D eigenvalue weighted by Crippen LogP contribution is -2.44. The Labute approximate surface area is 114 Å². The fourth-order valence-electron chi connectivity index (χ4n) is 2.34. The summed E-state index contributed by atoms with van der Waals surface area (Å²) < 4.78 is 26.4. The van der Waals surface area contributed by atoms with Crippen molar-refractivity contribution < 1.29 is 23.5 Å². The minimum Gasteiger partial charge on any atom is -0.478 e. The molecule has 1 saturated carbocycles. The van der Waals surface area contributed by atoms with Gasteiger partial charge in [0.1, 0.15) is 0 Å². The van der Waals surface area contributed by atoms with Crippen LogP contribution in [0.2, 0.25) is 0 Å². The van der Waals surface area contributed by atoms with Crippen molar-refractivity contribution in [3.8, 4) is 0 Å². The Bertz CT molecular complexity index is 562. The fourth-order valence-corrected chi connectivity index (χ4v) is 2.34. The number of carbonyl (C=O) groups is 2. The molecular formula is C13H14F2N2O3. The van der Waals surface area contributed by atoms with Gasteiger partial charge in [0.2, 0.25) is 0 Å². The van der Waals surface area contributed by atoms with E-state index in [1.165, 1.54) is 12.3 Å². The van der Waals surface area contributed by atoms with Crippen molar-refractivity contribution in [2.75, 3.05) is 0 Å². The number of rotatable bonds is 3. The van der Waals surface area contributed by atoms with Crippen LogP contribution in [0.15, 0.2) is 18.5 Å². The van der Waals surface area contributed by atoms with Gasteiger partial charge in [-0.1, -0.05) is 0 Å². The molecule has 2 N–H and O–H groups in total. The van der Waals surface area contributed by atoms with Crippen molar-refractivity contribution in [2.24, 2.45) is 0 Å². The molecule has 0 radical (unpaired) electrons. The Hall–Kier alpha value is -2.05. The topological polar surface area (TPSA) is 79.3 Å². The summed E-state index contributed by atoms with van der Waals surface area (Å²) >= 11 is 0. The SMILES string of the molecule is CC1(NC(=O)c2cncc(C(=O)O)c2)CCC(F)(F)C1. The molecular weight excluding hydrogens is 270 g/mol. The summed E-state index contributed by atoms with van der Waals surface area (Å²) in [6, 6.07) is 1.17. The first-order chi connectivity index (χ1) is 9.21. The van der Waals surface area contributed by atoms with Crippen molar-refractivity contribution in [3.63, 3.8) is 0 Å². The molecule has 7 heteroatoms. The molecule has 1 fully saturated rings. The van der Waals surface area contributed by atoms with Crippen LogP contribution in [-0.4, -0.2) is 33.4 Å². The maximum atomic E-state index is 13.2.